The van der Waals surface area contributed by atoms with Gasteiger partial charge in [0.2, 0.25) is 0 Å². The lowest BCUT2D eigenvalue weighted by Gasteiger charge is -2.32. The van der Waals surface area contributed by atoms with Crippen molar-refractivity contribution in [1.29, 1.82) is 0 Å². The molecule has 3 rings (SSSR count). The molecule has 0 radical (unpaired) electrons. The molecule has 2 aliphatic rings. The van der Waals surface area contributed by atoms with Gasteiger partial charge in [-0.3, -0.25) is 0 Å². The Labute approximate surface area is 139 Å². The van der Waals surface area contributed by atoms with Gasteiger partial charge in [-0.25, -0.2) is 0 Å². The van der Waals surface area contributed by atoms with Crippen LogP contribution in [0.2, 0.25) is 0 Å². The lowest BCUT2D eigenvalue weighted by atomic mass is 9.73. The van der Waals surface area contributed by atoms with Gasteiger partial charge >= 0.3 is 7.12 Å². The fraction of sp³-hybridized carbons (Fsp3) is 0.474. The van der Waals surface area contributed by atoms with Gasteiger partial charge in [0.15, 0.2) is 0 Å². The van der Waals surface area contributed by atoms with E-state index in [2.05, 4.69) is 52.8 Å². The van der Waals surface area contributed by atoms with E-state index < -0.39 is 0 Å². The molecular weight excluding hydrogens is 287 g/mol. The summed E-state index contributed by atoms with van der Waals surface area (Å²) >= 11 is 0. The number of allylic oxidation sites excluding steroid dienone is 2. The van der Waals surface area contributed by atoms with Gasteiger partial charge in [0.1, 0.15) is 11.4 Å². The van der Waals surface area contributed by atoms with E-state index >= 15 is 0 Å². The second-order valence-corrected chi connectivity index (χ2v) is 7.56. The van der Waals surface area contributed by atoms with E-state index in [-0.39, 0.29) is 23.9 Å². The third-order valence-corrected chi connectivity index (χ3v) is 4.99. The topological polar surface area (TPSA) is 27.7 Å². The van der Waals surface area contributed by atoms with Crippen LogP contribution in [-0.2, 0) is 9.31 Å². The summed E-state index contributed by atoms with van der Waals surface area (Å²) in [6.07, 6.45) is 7.11. The first-order valence-corrected chi connectivity index (χ1v) is 8.20. The average Bonchev–Trinajstić information content (AvgIpc) is 2.69. The Hall–Kier alpha value is -1.52. The Bertz CT molecular complexity index is 617. The molecule has 1 aliphatic carbocycles. The molecule has 1 unspecified atom stereocenters. The van der Waals surface area contributed by atoms with Crippen molar-refractivity contribution in [3.8, 4) is 5.75 Å². The Morgan fingerprint density at radius 3 is 2.09 bits per heavy atom. The van der Waals surface area contributed by atoms with Crippen LogP contribution in [0.15, 0.2) is 54.0 Å². The van der Waals surface area contributed by atoms with Crippen molar-refractivity contribution in [3.05, 3.63) is 54.0 Å². The van der Waals surface area contributed by atoms with Crippen LogP contribution in [-0.4, -0.2) is 23.9 Å². The fourth-order valence-corrected chi connectivity index (χ4v) is 2.72. The number of ether oxygens (including phenoxy) is 1. The molecule has 1 heterocycles. The zero-order chi connectivity index (χ0) is 16.7. The first-order chi connectivity index (χ1) is 10.7. The van der Waals surface area contributed by atoms with Crippen LogP contribution in [0.4, 0.5) is 0 Å². The minimum absolute atomic E-state index is 0.308. The number of benzene rings is 1. The third-order valence-electron chi connectivity index (χ3n) is 4.99. The second-order valence-electron chi connectivity index (χ2n) is 7.56. The summed E-state index contributed by atoms with van der Waals surface area (Å²) in [5.74, 6) is 0.882. The van der Waals surface area contributed by atoms with Crippen LogP contribution in [0, 0.1) is 0 Å². The van der Waals surface area contributed by atoms with Gasteiger partial charge < -0.3 is 14.0 Å². The van der Waals surface area contributed by atoms with Crippen LogP contribution in [0.1, 0.15) is 41.0 Å². The maximum Gasteiger partial charge on any atom is 0.494 e. The quantitative estimate of drug-likeness (QED) is 0.777. The molecule has 1 atom stereocenters. The Kier molecular flexibility index (Phi) is 3.93. The van der Waals surface area contributed by atoms with Gasteiger partial charge in [0.25, 0.3) is 0 Å². The molecule has 0 amide bonds. The third kappa shape index (κ3) is 3.24. The van der Waals surface area contributed by atoms with Crippen molar-refractivity contribution >= 4 is 7.12 Å². The molecule has 1 aliphatic heterocycles. The number of rotatable bonds is 3. The minimum atomic E-state index is -0.339. The maximum absolute atomic E-state index is 6.12. The normalized spacial score (nSPS) is 28.6. The van der Waals surface area contributed by atoms with E-state index in [4.69, 9.17) is 14.0 Å². The van der Waals surface area contributed by atoms with E-state index in [1.807, 2.05) is 30.3 Å². The molecular formula is C19H25BO3. The van der Waals surface area contributed by atoms with Crippen LogP contribution < -0.4 is 4.74 Å². The molecule has 0 aromatic heterocycles. The molecule has 1 aromatic carbocycles. The first kappa shape index (κ1) is 16.3. The molecule has 1 saturated heterocycles. The van der Waals surface area contributed by atoms with Crippen molar-refractivity contribution < 1.29 is 14.0 Å². The monoisotopic (exact) mass is 312 g/mol. The fourth-order valence-electron chi connectivity index (χ4n) is 2.72. The molecule has 0 spiro atoms. The van der Waals surface area contributed by atoms with Crippen molar-refractivity contribution in [3.63, 3.8) is 0 Å². The van der Waals surface area contributed by atoms with Crippen molar-refractivity contribution in [2.75, 3.05) is 0 Å². The molecule has 1 aromatic rings. The molecule has 0 N–H and O–H groups in total. The highest BCUT2D eigenvalue weighted by molar-refractivity contribution is 6.55. The smallest absolute Gasteiger partial charge is 0.483 e. The highest BCUT2D eigenvalue weighted by Gasteiger charge is 2.52. The van der Waals surface area contributed by atoms with Crippen LogP contribution in [0.25, 0.3) is 0 Å². The van der Waals surface area contributed by atoms with E-state index in [1.165, 1.54) is 0 Å². The molecule has 4 heteroatoms. The van der Waals surface area contributed by atoms with Gasteiger partial charge in [0, 0.05) is 6.42 Å². The Morgan fingerprint density at radius 2 is 1.57 bits per heavy atom. The van der Waals surface area contributed by atoms with Gasteiger partial charge in [0.05, 0.1) is 11.2 Å². The van der Waals surface area contributed by atoms with Crippen LogP contribution >= 0.6 is 0 Å². The zero-order valence-corrected chi connectivity index (χ0v) is 14.6. The highest BCUT2D eigenvalue weighted by Crippen LogP contribution is 2.40. The van der Waals surface area contributed by atoms with E-state index in [0.29, 0.717) is 0 Å². The van der Waals surface area contributed by atoms with E-state index in [0.717, 1.165) is 17.6 Å². The molecule has 0 bridgehead atoms. The number of hydrogen-bond donors (Lipinski definition) is 0. The average molecular weight is 312 g/mol. The lowest BCUT2D eigenvalue weighted by Crippen LogP contribution is -2.41. The summed E-state index contributed by atoms with van der Waals surface area (Å²) in [6.45, 7) is 10.4. The molecule has 1 fully saturated rings. The minimum Gasteiger partial charge on any atom is -0.483 e. The second kappa shape index (κ2) is 5.54. The molecule has 122 valence electrons. The number of hydrogen-bond acceptors (Lipinski definition) is 3. The molecule has 0 saturated carbocycles. The largest absolute Gasteiger partial charge is 0.494 e. The predicted octanol–water partition coefficient (Wildman–Crippen LogP) is 4.34. The van der Waals surface area contributed by atoms with Crippen LogP contribution in [0.5, 0.6) is 5.75 Å². The van der Waals surface area contributed by atoms with Gasteiger partial charge in [-0.1, -0.05) is 30.4 Å². The van der Waals surface area contributed by atoms with Gasteiger partial charge in [-0.15, -0.1) is 0 Å². The summed E-state index contributed by atoms with van der Waals surface area (Å²) < 4.78 is 18.3. The Morgan fingerprint density at radius 1 is 0.957 bits per heavy atom. The molecule has 3 nitrogen and oxygen atoms in total. The SMILES string of the molecule is CC1(Oc2ccccc2)C=CC(B2OC(C)(C)C(C)(C)O2)=CC1. The zero-order valence-electron chi connectivity index (χ0n) is 14.6. The van der Waals surface area contributed by atoms with Crippen LogP contribution in [0.3, 0.4) is 0 Å². The first-order valence-electron chi connectivity index (χ1n) is 8.20. The van der Waals surface area contributed by atoms with Gasteiger partial charge in [-0.2, -0.15) is 0 Å². The maximum atomic E-state index is 6.12. The summed E-state index contributed by atoms with van der Waals surface area (Å²) in [6, 6.07) is 9.91. The van der Waals surface area contributed by atoms with E-state index in [1.54, 1.807) is 0 Å². The lowest BCUT2D eigenvalue weighted by molar-refractivity contribution is 0.00578. The Balaban J connectivity index is 1.69. The predicted molar refractivity (Wildman–Crippen MR) is 93.4 cm³/mol. The van der Waals surface area contributed by atoms with E-state index in [9.17, 15) is 0 Å². The van der Waals surface area contributed by atoms with Crippen molar-refractivity contribution in [2.45, 2.75) is 57.8 Å². The summed E-state index contributed by atoms with van der Waals surface area (Å²) in [5, 5.41) is 0. The number of para-hydroxylation sites is 1. The summed E-state index contributed by atoms with van der Waals surface area (Å²) in [7, 11) is -0.308. The van der Waals surface area contributed by atoms with Crippen molar-refractivity contribution in [1.82, 2.24) is 0 Å². The molecule has 23 heavy (non-hydrogen) atoms. The van der Waals surface area contributed by atoms with Crippen molar-refractivity contribution in [2.24, 2.45) is 0 Å². The summed E-state index contributed by atoms with van der Waals surface area (Å²) in [5.41, 5.74) is 0.105. The highest BCUT2D eigenvalue weighted by atomic mass is 16.7. The summed E-state index contributed by atoms with van der Waals surface area (Å²) in [4.78, 5) is 0. The van der Waals surface area contributed by atoms with Gasteiger partial charge in [-0.05, 0) is 58.3 Å². The standard InChI is InChI=1S/C19H25BO3/c1-17(2)18(3,4)23-20(22-17)15-11-13-19(5,14-12-15)21-16-9-7-6-8-10-16/h6-13H,14H2,1-5H3.